The summed E-state index contributed by atoms with van der Waals surface area (Å²) < 4.78 is 5.00. The average molecular weight is 301 g/mol. The van der Waals surface area contributed by atoms with Crippen molar-refractivity contribution in [3.63, 3.8) is 0 Å². The summed E-state index contributed by atoms with van der Waals surface area (Å²) in [6, 6.07) is 0. The quantitative estimate of drug-likeness (QED) is 0.936. The van der Waals surface area contributed by atoms with Crippen LogP contribution >= 0.6 is 0 Å². The van der Waals surface area contributed by atoms with Crippen LogP contribution in [0.4, 0.5) is 11.6 Å². The lowest BCUT2D eigenvalue weighted by Crippen LogP contribution is -2.30. The zero-order valence-electron chi connectivity index (χ0n) is 12.8. The van der Waals surface area contributed by atoms with Gasteiger partial charge in [-0.15, -0.1) is 0 Å². The van der Waals surface area contributed by atoms with E-state index in [1.54, 1.807) is 26.2 Å². The zero-order valence-corrected chi connectivity index (χ0v) is 12.8. The molecule has 1 aliphatic rings. The van der Waals surface area contributed by atoms with E-state index in [4.69, 9.17) is 4.52 Å². The van der Waals surface area contributed by atoms with Gasteiger partial charge in [-0.3, -0.25) is 4.79 Å². The first-order valence-electron chi connectivity index (χ1n) is 7.46. The summed E-state index contributed by atoms with van der Waals surface area (Å²) in [4.78, 5) is 23.1. The SMILES string of the molecule is Cc1noc(C)c1C(=O)Nc1cnc(N2CCCCC2)nc1. The summed E-state index contributed by atoms with van der Waals surface area (Å²) in [5.74, 6) is 0.960. The van der Waals surface area contributed by atoms with Crippen molar-refractivity contribution in [2.24, 2.45) is 0 Å². The zero-order chi connectivity index (χ0) is 15.5. The lowest BCUT2D eigenvalue weighted by Gasteiger charge is -2.26. The molecular formula is C15H19N5O2. The van der Waals surface area contributed by atoms with Gasteiger partial charge in [0.2, 0.25) is 5.95 Å². The van der Waals surface area contributed by atoms with Gasteiger partial charge in [0.1, 0.15) is 11.3 Å². The number of aryl methyl sites for hydroxylation is 2. The Bertz CT molecular complexity index is 640. The molecule has 0 radical (unpaired) electrons. The minimum Gasteiger partial charge on any atom is -0.361 e. The van der Waals surface area contributed by atoms with E-state index in [2.05, 4.69) is 25.3 Å². The highest BCUT2D eigenvalue weighted by Gasteiger charge is 2.18. The van der Waals surface area contributed by atoms with Crippen molar-refractivity contribution in [2.45, 2.75) is 33.1 Å². The highest BCUT2D eigenvalue weighted by Crippen LogP contribution is 2.18. The maximum absolute atomic E-state index is 12.2. The Kier molecular flexibility index (Phi) is 4.04. The van der Waals surface area contributed by atoms with Gasteiger partial charge in [0.05, 0.1) is 23.8 Å². The largest absolute Gasteiger partial charge is 0.361 e. The molecule has 3 heterocycles. The summed E-state index contributed by atoms with van der Waals surface area (Å²) in [5.41, 5.74) is 1.59. The van der Waals surface area contributed by atoms with Crippen LogP contribution in [-0.2, 0) is 0 Å². The molecule has 2 aromatic rings. The van der Waals surface area contributed by atoms with Crippen LogP contribution in [0.5, 0.6) is 0 Å². The topological polar surface area (TPSA) is 84.2 Å². The van der Waals surface area contributed by atoms with E-state index < -0.39 is 0 Å². The first-order valence-corrected chi connectivity index (χ1v) is 7.46. The number of hydrogen-bond acceptors (Lipinski definition) is 6. The summed E-state index contributed by atoms with van der Waals surface area (Å²) in [6.45, 7) is 5.43. The lowest BCUT2D eigenvalue weighted by atomic mass is 10.1. The predicted molar refractivity (Wildman–Crippen MR) is 82.0 cm³/mol. The van der Waals surface area contributed by atoms with Crippen molar-refractivity contribution in [2.75, 3.05) is 23.3 Å². The minimum atomic E-state index is -0.259. The van der Waals surface area contributed by atoms with Crippen LogP contribution in [0.15, 0.2) is 16.9 Å². The van der Waals surface area contributed by atoms with Gasteiger partial charge in [-0.05, 0) is 33.1 Å². The molecule has 7 nitrogen and oxygen atoms in total. The van der Waals surface area contributed by atoms with E-state index in [1.807, 2.05) is 0 Å². The van der Waals surface area contributed by atoms with E-state index in [1.165, 1.54) is 19.3 Å². The molecule has 0 saturated carbocycles. The van der Waals surface area contributed by atoms with Gasteiger partial charge in [0.25, 0.3) is 5.91 Å². The fourth-order valence-corrected chi connectivity index (χ4v) is 2.64. The number of carbonyl (C=O) groups is 1. The molecule has 7 heteroatoms. The summed E-state index contributed by atoms with van der Waals surface area (Å²) in [7, 11) is 0. The Hall–Kier alpha value is -2.44. The Morgan fingerprint density at radius 3 is 2.45 bits per heavy atom. The van der Waals surface area contributed by atoms with E-state index >= 15 is 0 Å². The van der Waals surface area contributed by atoms with Gasteiger partial charge in [0.15, 0.2) is 0 Å². The molecule has 1 aliphatic heterocycles. The predicted octanol–water partition coefficient (Wildman–Crippen LogP) is 2.32. The molecule has 116 valence electrons. The Morgan fingerprint density at radius 2 is 1.86 bits per heavy atom. The number of piperidine rings is 1. The van der Waals surface area contributed by atoms with Crippen LogP contribution in [0.3, 0.4) is 0 Å². The average Bonchev–Trinajstić information content (AvgIpc) is 2.88. The molecule has 3 rings (SSSR count). The number of amides is 1. The van der Waals surface area contributed by atoms with E-state index in [9.17, 15) is 4.79 Å². The third-order valence-electron chi connectivity index (χ3n) is 3.80. The standard InChI is InChI=1S/C15H19N5O2/c1-10-13(11(2)22-19-10)14(21)18-12-8-16-15(17-9-12)20-6-4-3-5-7-20/h8-9H,3-7H2,1-2H3,(H,18,21). The van der Waals surface area contributed by atoms with Crippen molar-refractivity contribution in [1.29, 1.82) is 0 Å². The molecule has 1 amide bonds. The number of aromatic nitrogens is 3. The number of carbonyl (C=O) groups excluding carboxylic acids is 1. The first-order chi connectivity index (χ1) is 10.6. The monoisotopic (exact) mass is 301 g/mol. The maximum Gasteiger partial charge on any atom is 0.261 e. The van der Waals surface area contributed by atoms with Crippen molar-refractivity contribution in [3.05, 3.63) is 29.4 Å². The van der Waals surface area contributed by atoms with Crippen LogP contribution in [-0.4, -0.2) is 34.1 Å². The van der Waals surface area contributed by atoms with Gasteiger partial charge in [-0.25, -0.2) is 9.97 Å². The Labute approximate surface area is 128 Å². The number of hydrogen-bond donors (Lipinski definition) is 1. The molecule has 0 bridgehead atoms. The van der Waals surface area contributed by atoms with Gasteiger partial charge in [0, 0.05) is 13.1 Å². The van der Waals surface area contributed by atoms with Crippen molar-refractivity contribution >= 4 is 17.5 Å². The van der Waals surface area contributed by atoms with Gasteiger partial charge < -0.3 is 14.7 Å². The third kappa shape index (κ3) is 2.93. The number of anilines is 2. The molecule has 0 aromatic carbocycles. The van der Waals surface area contributed by atoms with E-state index in [0.29, 0.717) is 22.7 Å². The fourth-order valence-electron chi connectivity index (χ4n) is 2.64. The summed E-state index contributed by atoms with van der Waals surface area (Å²) >= 11 is 0. The van der Waals surface area contributed by atoms with Crippen LogP contribution in [0.1, 0.15) is 41.1 Å². The van der Waals surface area contributed by atoms with Crippen molar-refractivity contribution < 1.29 is 9.32 Å². The van der Waals surface area contributed by atoms with Gasteiger partial charge >= 0.3 is 0 Å². The van der Waals surface area contributed by atoms with Crippen LogP contribution < -0.4 is 10.2 Å². The molecule has 0 atom stereocenters. The van der Waals surface area contributed by atoms with Gasteiger partial charge in [-0.2, -0.15) is 0 Å². The van der Waals surface area contributed by atoms with Crippen molar-refractivity contribution in [1.82, 2.24) is 15.1 Å². The van der Waals surface area contributed by atoms with Crippen LogP contribution in [0.2, 0.25) is 0 Å². The molecule has 0 spiro atoms. The number of nitrogens with zero attached hydrogens (tertiary/aromatic N) is 4. The maximum atomic E-state index is 12.2. The molecule has 1 N–H and O–H groups in total. The Morgan fingerprint density at radius 1 is 1.18 bits per heavy atom. The second kappa shape index (κ2) is 6.13. The molecule has 1 fully saturated rings. The summed E-state index contributed by atoms with van der Waals surface area (Å²) in [5, 5.41) is 6.55. The normalized spacial score (nSPS) is 14.9. The molecule has 22 heavy (non-hydrogen) atoms. The second-order valence-corrected chi connectivity index (χ2v) is 5.47. The van der Waals surface area contributed by atoms with E-state index in [-0.39, 0.29) is 5.91 Å². The highest BCUT2D eigenvalue weighted by atomic mass is 16.5. The van der Waals surface area contributed by atoms with Crippen molar-refractivity contribution in [3.8, 4) is 0 Å². The van der Waals surface area contributed by atoms with Crippen LogP contribution in [0.25, 0.3) is 0 Å². The smallest absolute Gasteiger partial charge is 0.261 e. The molecular weight excluding hydrogens is 282 g/mol. The molecule has 1 saturated heterocycles. The molecule has 2 aromatic heterocycles. The van der Waals surface area contributed by atoms with Gasteiger partial charge in [-0.1, -0.05) is 5.16 Å². The summed E-state index contributed by atoms with van der Waals surface area (Å²) in [6.07, 6.45) is 6.88. The molecule has 0 unspecified atom stereocenters. The fraction of sp³-hybridized carbons (Fsp3) is 0.467. The molecule has 0 aliphatic carbocycles. The highest BCUT2D eigenvalue weighted by molar-refractivity contribution is 6.05. The third-order valence-corrected chi connectivity index (χ3v) is 3.80. The number of nitrogens with one attached hydrogen (secondary N) is 1. The van der Waals surface area contributed by atoms with E-state index in [0.717, 1.165) is 19.0 Å². The lowest BCUT2D eigenvalue weighted by molar-refractivity contribution is 0.102. The minimum absolute atomic E-state index is 0.259. The number of rotatable bonds is 3. The first kappa shape index (κ1) is 14.5. The van der Waals surface area contributed by atoms with Crippen LogP contribution in [0, 0.1) is 13.8 Å². The second-order valence-electron chi connectivity index (χ2n) is 5.47. The Balaban J connectivity index is 1.69.